The second-order valence-corrected chi connectivity index (χ2v) is 17.4. The summed E-state index contributed by atoms with van der Waals surface area (Å²) < 4.78 is 0. The molecule has 8 aromatic carbocycles. The van der Waals surface area contributed by atoms with Gasteiger partial charge in [0.2, 0.25) is 11.8 Å². The number of benzene rings is 8. The molecule has 1 aliphatic carbocycles. The molecule has 314 valence electrons. The lowest BCUT2D eigenvalue weighted by Crippen LogP contribution is -2.55. The van der Waals surface area contributed by atoms with Crippen molar-refractivity contribution >= 4 is 33.4 Å². The van der Waals surface area contributed by atoms with E-state index in [2.05, 4.69) is 10.6 Å². The maximum atomic E-state index is 15.3. The second kappa shape index (κ2) is 17.9. The Hall–Kier alpha value is -6.86. The van der Waals surface area contributed by atoms with E-state index in [9.17, 15) is 10.2 Å². The van der Waals surface area contributed by atoms with Gasteiger partial charge in [-0.3, -0.25) is 9.59 Å². The van der Waals surface area contributed by atoms with Crippen molar-refractivity contribution in [3.05, 3.63) is 240 Å². The lowest BCUT2D eigenvalue weighted by atomic mass is 9.77. The van der Waals surface area contributed by atoms with Crippen LogP contribution in [0.15, 0.2) is 206 Å². The first-order chi connectivity index (χ1) is 30.7. The van der Waals surface area contributed by atoms with Gasteiger partial charge in [-0.2, -0.15) is 0 Å². The molecular weight excluding hydrogens is 777 g/mol. The van der Waals surface area contributed by atoms with E-state index < -0.39 is 40.5 Å². The van der Waals surface area contributed by atoms with E-state index in [-0.39, 0.29) is 25.7 Å². The lowest BCUT2D eigenvalue weighted by Gasteiger charge is -2.40. The summed E-state index contributed by atoms with van der Waals surface area (Å²) in [5.41, 5.74) is 0.727. The average molecular weight is 829 g/mol. The molecule has 8 aromatic rings. The van der Waals surface area contributed by atoms with Crippen LogP contribution in [-0.2, 0) is 35.3 Å². The van der Waals surface area contributed by atoms with Crippen LogP contribution in [0.3, 0.4) is 0 Å². The first-order valence-corrected chi connectivity index (χ1v) is 21.9. The van der Waals surface area contributed by atoms with Crippen molar-refractivity contribution in [3.8, 4) is 0 Å². The van der Waals surface area contributed by atoms with E-state index in [0.29, 0.717) is 12.8 Å². The van der Waals surface area contributed by atoms with Crippen LogP contribution in [0.25, 0.3) is 21.5 Å². The van der Waals surface area contributed by atoms with Crippen molar-refractivity contribution in [2.75, 3.05) is 0 Å². The maximum Gasteiger partial charge on any atom is 0.236 e. The summed E-state index contributed by atoms with van der Waals surface area (Å²) in [7, 11) is 0. The van der Waals surface area contributed by atoms with Gasteiger partial charge < -0.3 is 20.8 Å². The van der Waals surface area contributed by atoms with Crippen LogP contribution in [0, 0.1) is 5.41 Å². The van der Waals surface area contributed by atoms with Gasteiger partial charge in [-0.05, 0) is 67.8 Å². The minimum atomic E-state index is -1.52. The van der Waals surface area contributed by atoms with Gasteiger partial charge in [0.15, 0.2) is 0 Å². The number of carbonyl (C=O) groups is 2. The zero-order chi connectivity index (χ0) is 43.3. The Morgan fingerprint density at radius 3 is 1.02 bits per heavy atom. The Morgan fingerprint density at radius 2 is 0.698 bits per heavy atom. The molecule has 0 saturated heterocycles. The molecule has 0 spiro atoms. The van der Waals surface area contributed by atoms with Crippen molar-refractivity contribution < 1.29 is 19.8 Å². The molecule has 2 amide bonds. The Bertz CT molecular complexity index is 2540. The Labute approximate surface area is 369 Å². The van der Waals surface area contributed by atoms with E-state index in [1.54, 1.807) is 0 Å². The van der Waals surface area contributed by atoms with Gasteiger partial charge in [-0.1, -0.05) is 206 Å². The van der Waals surface area contributed by atoms with Crippen molar-refractivity contribution in [2.24, 2.45) is 5.41 Å². The summed E-state index contributed by atoms with van der Waals surface area (Å²) in [4.78, 5) is 30.5. The van der Waals surface area contributed by atoms with Crippen molar-refractivity contribution in [2.45, 2.75) is 61.8 Å². The van der Waals surface area contributed by atoms with Crippen LogP contribution in [0.2, 0.25) is 0 Å². The van der Waals surface area contributed by atoms with Crippen molar-refractivity contribution in [1.82, 2.24) is 10.6 Å². The largest absolute Gasteiger partial charge is 0.387 e. The average Bonchev–Trinajstić information content (AvgIpc) is 4.14. The topological polar surface area (TPSA) is 98.7 Å². The van der Waals surface area contributed by atoms with Crippen LogP contribution in [-0.4, -0.2) is 33.2 Å². The number of carbonyl (C=O) groups excluding carboxylic acids is 2. The summed E-state index contributed by atoms with van der Waals surface area (Å²) in [6, 6.07) is 65.4. The highest BCUT2D eigenvalue weighted by Gasteiger charge is 2.59. The monoisotopic (exact) mass is 828 g/mol. The standard InChI is InChI=1S/C57H52N2O4/c60-53(58-51(49-33-17-29-45-27-13-15-31-47(45)49)56(62,37-41-19-5-1-6-20-41)38-42-21-7-2-8-22-42)55(35-36-55)54(61)59-52(50-34-18-30-46-28-14-16-32-48(46)50)57(63,39-43-23-9-3-10-24-43)40-44-25-11-4-12-26-44/h1-34,51-52,62-63H,35-40H2,(H,58,60)(H,59,61)/t51-,52-/m0/s1. The summed E-state index contributed by atoms with van der Waals surface area (Å²) >= 11 is 0. The van der Waals surface area contributed by atoms with E-state index in [4.69, 9.17) is 0 Å². The fourth-order valence-corrected chi connectivity index (χ4v) is 9.56. The first kappa shape index (κ1) is 41.5. The third-order valence-corrected chi connectivity index (χ3v) is 12.9. The summed E-state index contributed by atoms with van der Waals surface area (Å²) in [5, 5.41) is 37.0. The van der Waals surface area contributed by atoms with Crippen LogP contribution in [0.5, 0.6) is 0 Å². The quantitative estimate of drug-likeness (QED) is 0.0729. The van der Waals surface area contributed by atoms with E-state index in [0.717, 1.165) is 54.9 Å². The minimum Gasteiger partial charge on any atom is -0.387 e. The predicted molar refractivity (Wildman–Crippen MR) is 252 cm³/mol. The van der Waals surface area contributed by atoms with Gasteiger partial charge in [0.1, 0.15) is 5.41 Å². The van der Waals surface area contributed by atoms with Gasteiger partial charge >= 0.3 is 0 Å². The molecule has 0 aliphatic heterocycles. The molecule has 0 bridgehead atoms. The molecule has 63 heavy (non-hydrogen) atoms. The third-order valence-electron chi connectivity index (χ3n) is 12.9. The lowest BCUT2D eigenvalue weighted by molar-refractivity contribution is -0.141. The molecule has 0 heterocycles. The highest BCUT2D eigenvalue weighted by atomic mass is 16.3. The van der Waals surface area contributed by atoms with Crippen molar-refractivity contribution in [3.63, 3.8) is 0 Å². The first-order valence-electron chi connectivity index (χ1n) is 21.9. The fourth-order valence-electron chi connectivity index (χ4n) is 9.56. The van der Waals surface area contributed by atoms with Crippen molar-refractivity contribution in [1.29, 1.82) is 0 Å². The number of hydrogen-bond donors (Lipinski definition) is 4. The molecule has 1 fully saturated rings. The van der Waals surface area contributed by atoms with Gasteiger partial charge in [-0.15, -0.1) is 0 Å². The molecule has 4 N–H and O–H groups in total. The molecule has 6 heteroatoms. The molecule has 1 saturated carbocycles. The summed E-state index contributed by atoms with van der Waals surface area (Å²) in [6.45, 7) is 0. The number of nitrogens with one attached hydrogen (secondary N) is 2. The highest BCUT2D eigenvalue weighted by molar-refractivity contribution is 6.08. The molecule has 0 aromatic heterocycles. The molecule has 1 aliphatic rings. The normalized spacial score (nSPS) is 14.4. The van der Waals surface area contributed by atoms with E-state index in [1.807, 2.05) is 206 Å². The van der Waals surface area contributed by atoms with Crippen LogP contribution in [0.4, 0.5) is 0 Å². The molecule has 0 unspecified atom stereocenters. The number of aliphatic hydroxyl groups is 2. The fraction of sp³-hybridized carbons (Fsp3) is 0.193. The zero-order valence-corrected chi connectivity index (χ0v) is 35.2. The highest BCUT2D eigenvalue weighted by Crippen LogP contribution is 2.49. The summed E-state index contributed by atoms with van der Waals surface area (Å²) in [5.74, 6) is -0.910. The van der Waals surface area contributed by atoms with Gasteiger partial charge in [0, 0.05) is 25.7 Å². The number of rotatable bonds is 16. The third kappa shape index (κ3) is 8.92. The van der Waals surface area contributed by atoms with Crippen LogP contribution in [0.1, 0.15) is 58.3 Å². The molecule has 0 radical (unpaired) electrons. The Kier molecular flexibility index (Phi) is 11.8. The molecule has 6 nitrogen and oxygen atoms in total. The van der Waals surface area contributed by atoms with Gasteiger partial charge in [0.25, 0.3) is 0 Å². The maximum absolute atomic E-state index is 15.3. The van der Waals surface area contributed by atoms with Gasteiger partial charge in [-0.25, -0.2) is 0 Å². The predicted octanol–water partition coefficient (Wildman–Crippen LogP) is 10.2. The second-order valence-electron chi connectivity index (χ2n) is 17.4. The van der Waals surface area contributed by atoms with E-state index >= 15 is 9.59 Å². The SMILES string of the molecule is O=C(N[C@@H](c1cccc2ccccc12)C(O)(Cc1ccccc1)Cc1ccccc1)C1(C(=O)N[C@@H](c2cccc3ccccc23)C(O)(Cc2ccccc2)Cc2ccccc2)CC1. The molecular formula is C57H52N2O4. The minimum absolute atomic E-state index is 0.241. The zero-order valence-electron chi connectivity index (χ0n) is 35.2. The van der Waals surface area contributed by atoms with E-state index in [1.165, 1.54) is 0 Å². The Balaban J connectivity index is 1.12. The molecule has 2 atom stereocenters. The smallest absolute Gasteiger partial charge is 0.236 e. The van der Waals surface area contributed by atoms with Gasteiger partial charge in [0.05, 0.1) is 23.3 Å². The number of amides is 2. The Morgan fingerprint density at radius 1 is 0.413 bits per heavy atom. The molecule has 9 rings (SSSR count). The number of fused-ring (bicyclic) bond motifs is 2. The van der Waals surface area contributed by atoms with Crippen LogP contribution < -0.4 is 10.6 Å². The van der Waals surface area contributed by atoms with Crippen LogP contribution >= 0.6 is 0 Å². The summed E-state index contributed by atoms with van der Waals surface area (Å²) in [6.07, 6.45) is 1.61. The number of hydrogen-bond acceptors (Lipinski definition) is 4.